The van der Waals surface area contributed by atoms with Gasteiger partial charge in [0.25, 0.3) is 5.22 Å². The van der Waals surface area contributed by atoms with Crippen LogP contribution in [0, 0.1) is 0 Å². The van der Waals surface area contributed by atoms with Gasteiger partial charge in [-0.3, -0.25) is 4.79 Å². The van der Waals surface area contributed by atoms with Gasteiger partial charge in [0, 0.05) is 0 Å². The van der Waals surface area contributed by atoms with E-state index in [0.29, 0.717) is 35.6 Å². The highest BCUT2D eigenvalue weighted by Gasteiger charge is 2.12. The highest BCUT2D eigenvalue weighted by molar-refractivity contribution is 7.99. The molecule has 0 aliphatic carbocycles. The van der Waals surface area contributed by atoms with E-state index >= 15 is 0 Å². The monoisotopic (exact) mass is 338 g/mol. The summed E-state index contributed by atoms with van der Waals surface area (Å²) in [5.74, 6) is 1.60. The molecule has 0 fully saturated rings. The summed E-state index contributed by atoms with van der Waals surface area (Å²) in [6, 6.07) is 5.58. The summed E-state index contributed by atoms with van der Waals surface area (Å²) in [5, 5.41) is 8.22. The summed E-state index contributed by atoms with van der Waals surface area (Å²) in [4.78, 5) is 11.3. The van der Waals surface area contributed by atoms with Crippen LogP contribution in [0.4, 0.5) is 0 Å². The number of esters is 1. The number of thioether (sulfide) groups is 1. The molecule has 0 bridgehead atoms. The zero-order valence-corrected chi connectivity index (χ0v) is 14.0. The molecule has 23 heavy (non-hydrogen) atoms. The van der Waals surface area contributed by atoms with Crippen molar-refractivity contribution in [3.8, 4) is 11.5 Å². The average molecular weight is 338 g/mol. The van der Waals surface area contributed by atoms with Gasteiger partial charge in [0.1, 0.15) is 5.75 Å². The lowest BCUT2D eigenvalue weighted by molar-refractivity contribution is -0.139. The van der Waals surface area contributed by atoms with Crippen LogP contribution in [-0.4, -0.2) is 42.7 Å². The number of aromatic nitrogens is 2. The van der Waals surface area contributed by atoms with Gasteiger partial charge >= 0.3 is 5.97 Å². The Morgan fingerprint density at radius 1 is 1.22 bits per heavy atom. The Balaban J connectivity index is 1.97. The minimum absolute atomic E-state index is 0.145. The molecule has 8 heteroatoms. The second-order valence-corrected chi connectivity index (χ2v) is 5.35. The van der Waals surface area contributed by atoms with Crippen LogP contribution in [0.25, 0.3) is 0 Å². The van der Waals surface area contributed by atoms with Crippen molar-refractivity contribution in [3.05, 3.63) is 29.7 Å². The fraction of sp³-hybridized carbons (Fsp3) is 0.400. The molecule has 1 aromatic carbocycles. The number of methoxy groups -OCH3 is 2. The summed E-state index contributed by atoms with van der Waals surface area (Å²) in [6.07, 6.45) is 0.466. The maximum Gasteiger partial charge on any atom is 0.316 e. The summed E-state index contributed by atoms with van der Waals surface area (Å²) in [7, 11) is 3.17. The molecule has 0 aliphatic heterocycles. The predicted octanol–water partition coefficient (Wildman–Crippen LogP) is 2.33. The first-order chi connectivity index (χ1) is 11.2. The van der Waals surface area contributed by atoms with E-state index in [2.05, 4.69) is 10.2 Å². The molecule has 0 atom stereocenters. The zero-order valence-electron chi connectivity index (χ0n) is 13.2. The van der Waals surface area contributed by atoms with E-state index in [1.54, 1.807) is 21.1 Å². The van der Waals surface area contributed by atoms with Gasteiger partial charge < -0.3 is 18.6 Å². The van der Waals surface area contributed by atoms with Crippen molar-refractivity contribution in [1.29, 1.82) is 0 Å². The number of ether oxygens (including phenoxy) is 3. The van der Waals surface area contributed by atoms with E-state index in [1.807, 2.05) is 18.2 Å². The first kappa shape index (κ1) is 17.1. The van der Waals surface area contributed by atoms with Crippen molar-refractivity contribution in [2.45, 2.75) is 18.6 Å². The van der Waals surface area contributed by atoms with Crippen LogP contribution in [0.1, 0.15) is 18.4 Å². The van der Waals surface area contributed by atoms with Gasteiger partial charge in [0.15, 0.2) is 11.5 Å². The standard InChI is InChI=1S/C15H18N2O5S/c1-4-21-14(18)9-23-15-17-16-13(22-15)8-10-5-6-11(19-2)12(7-10)20-3/h5-7H,4,8-9H2,1-3H3. The highest BCUT2D eigenvalue weighted by Crippen LogP contribution is 2.28. The molecule has 0 N–H and O–H groups in total. The minimum atomic E-state index is -0.308. The molecule has 1 heterocycles. The van der Waals surface area contributed by atoms with E-state index < -0.39 is 0 Å². The topological polar surface area (TPSA) is 83.7 Å². The first-order valence-electron chi connectivity index (χ1n) is 6.98. The minimum Gasteiger partial charge on any atom is -0.493 e. The van der Waals surface area contributed by atoms with Gasteiger partial charge in [-0.15, -0.1) is 10.2 Å². The molecule has 0 aliphatic rings. The summed E-state index contributed by atoms with van der Waals surface area (Å²) in [6.45, 7) is 2.12. The third kappa shape index (κ3) is 4.88. The Labute approximate surface area is 138 Å². The van der Waals surface area contributed by atoms with Crippen molar-refractivity contribution in [3.63, 3.8) is 0 Å². The Kier molecular flexibility index (Phi) is 6.28. The number of nitrogens with zero attached hydrogens (tertiary/aromatic N) is 2. The highest BCUT2D eigenvalue weighted by atomic mass is 32.2. The fourth-order valence-electron chi connectivity index (χ4n) is 1.86. The summed E-state index contributed by atoms with van der Waals surface area (Å²) >= 11 is 1.15. The lowest BCUT2D eigenvalue weighted by Crippen LogP contribution is -2.06. The molecule has 0 saturated heterocycles. The fourth-order valence-corrected chi connectivity index (χ4v) is 2.43. The largest absolute Gasteiger partial charge is 0.493 e. The number of rotatable bonds is 8. The number of hydrogen-bond donors (Lipinski definition) is 0. The van der Waals surface area contributed by atoms with Gasteiger partial charge in [-0.05, 0) is 24.6 Å². The van der Waals surface area contributed by atoms with Crippen LogP contribution in [0.2, 0.25) is 0 Å². The molecular formula is C15H18N2O5S. The van der Waals surface area contributed by atoms with Gasteiger partial charge in [-0.25, -0.2) is 0 Å². The number of carbonyl (C=O) groups is 1. The molecule has 1 aromatic heterocycles. The van der Waals surface area contributed by atoms with Crippen molar-refractivity contribution in [2.75, 3.05) is 26.6 Å². The second kappa shape index (κ2) is 8.42. The quantitative estimate of drug-likeness (QED) is 0.536. The van der Waals surface area contributed by atoms with Gasteiger partial charge in [0.2, 0.25) is 5.89 Å². The summed E-state index contributed by atoms with van der Waals surface area (Å²) < 4.78 is 20.8. The predicted molar refractivity (Wildman–Crippen MR) is 84.0 cm³/mol. The van der Waals surface area contributed by atoms with Crippen LogP contribution >= 0.6 is 11.8 Å². The number of carbonyl (C=O) groups excluding carboxylic acids is 1. The van der Waals surface area contributed by atoms with E-state index in [4.69, 9.17) is 18.6 Å². The third-order valence-corrected chi connectivity index (χ3v) is 3.66. The molecule has 0 spiro atoms. The van der Waals surface area contributed by atoms with Crippen molar-refractivity contribution < 1.29 is 23.4 Å². The Hall–Kier alpha value is -2.22. The maximum atomic E-state index is 11.3. The van der Waals surface area contributed by atoms with E-state index in [-0.39, 0.29) is 11.7 Å². The lowest BCUT2D eigenvalue weighted by Gasteiger charge is -2.08. The molecular weight excluding hydrogens is 320 g/mol. The third-order valence-electron chi connectivity index (χ3n) is 2.87. The smallest absolute Gasteiger partial charge is 0.316 e. The van der Waals surface area contributed by atoms with Crippen molar-refractivity contribution in [2.24, 2.45) is 0 Å². The van der Waals surface area contributed by atoms with Gasteiger partial charge in [-0.1, -0.05) is 17.8 Å². The van der Waals surface area contributed by atoms with Crippen LogP contribution in [0.15, 0.2) is 27.8 Å². The normalized spacial score (nSPS) is 10.4. The average Bonchev–Trinajstić information content (AvgIpc) is 3.00. The molecule has 2 rings (SSSR count). The molecule has 124 valence electrons. The molecule has 0 saturated carbocycles. The zero-order chi connectivity index (χ0) is 16.7. The maximum absolute atomic E-state index is 11.3. The van der Waals surface area contributed by atoms with Crippen LogP contribution in [0.3, 0.4) is 0 Å². The molecule has 0 amide bonds. The van der Waals surface area contributed by atoms with E-state index in [0.717, 1.165) is 17.3 Å². The van der Waals surface area contributed by atoms with Gasteiger partial charge in [-0.2, -0.15) is 0 Å². The second-order valence-electron chi connectivity index (χ2n) is 4.42. The Morgan fingerprint density at radius 3 is 2.70 bits per heavy atom. The van der Waals surface area contributed by atoms with E-state index in [1.165, 1.54) is 0 Å². The molecule has 0 unspecified atom stereocenters. The SMILES string of the molecule is CCOC(=O)CSc1nnc(Cc2ccc(OC)c(OC)c2)o1. The molecule has 0 radical (unpaired) electrons. The van der Waals surface area contributed by atoms with E-state index in [9.17, 15) is 4.79 Å². The number of benzene rings is 1. The molecule has 2 aromatic rings. The van der Waals surface area contributed by atoms with Crippen molar-refractivity contribution >= 4 is 17.7 Å². The Morgan fingerprint density at radius 2 is 2.00 bits per heavy atom. The van der Waals surface area contributed by atoms with Crippen LogP contribution in [0.5, 0.6) is 11.5 Å². The summed E-state index contributed by atoms with van der Waals surface area (Å²) in [5.41, 5.74) is 0.952. The van der Waals surface area contributed by atoms with Crippen LogP contribution in [-0.2, 0) is 16.0 Å². The van der Waals surface area contributed by atoms with Gasteiger partial charge in [0.05, 0.1) is 27.2 Å². The van der Waals surface area contributed by atoms with Crippen molar-refractivity contribution in [1.82, 2.24) is 10.2 Å². The first-order valence-corrected chi connectivity index (χ1v) is 7.96. The number of hydrogen-bond acceptors (Lipinski definition) is 8. The molecule has 7 nitrogen and oxygen atoms in total. The lowest BCUT2D eigenvalue weighted by atomic mass is 10.1. The Bertz CT molecular complexity index is 659. The van der Waals surface area contributed by atoms with Crippen LogP contribution < -0.4 is 9.47 Å².